The molecule has 0 bridgehead atoms. The summed E-state index contributed by atoms with van der Waals surface area (Å²) in [5, 5.41) is 9.20. The number of esters is 1. The number of ether oxygens (including phenoxy) is 2. The second-order valence-electron chi connectivity index (χ2n) is 4.30. The van der Waals surface area contributed by atoms with Crippen LogP contribution in [0.3, 0.4) is 0 Å². The number of carbonyl (C=O) groups excluding carboxylic acids is 1. The maximum atomic E-state index is 11.9. The number of methoxy groups -OCH3 is 1. The highest BCUT2D eigenvalue weighted by atomic mass is 16.5. The molecule has 0 spiro atoms. The molecule has 0 unspecified atom stereocenters. The summed E-state index contributed by atoms with van der Waals surface area (Å²) >= 11 is 0. The summed E-state index contributed by atoms with van der Waals surface area (Å²) in [6.45, 7) is 4.06. The van der Waals surface area contributed by atoms with E-state index in [0.717, 1.165) is 18.4 Å². The highest BCUT2D eigenvalue weighted by Crippen LogP contribution is 2.27. The van der Waals surface area contributed by atoms with Crippen LogP contribution in [0.5, 0.6) is 5.75 Å². The first kappa shape index (κ1) is 15.8. The largest absolute Gasteiger partial charge is 0.496 e. The van der Waals surface area contributed by atoms with E-state index in [1.807, 2.05) is 31.2 Å². The molecule has 0 aliphatic heterocycles. The van der Waals surface area contributed by atoms with E-state index in [4.69, 9.17) is 9.47 Å². The zero-order valence-corrected chi connectivity index (χ0v) is 12.1. The minimum atomic E-state index is -0.579. The molecule has 0 aliphatic carbocycles. The van der Waals surface area contributed by atoms with Crippen molar-refractivity contribution in [2.24, 2.45) is 0 Å². The van der Waals surface area contributed by atoms with Crippen LogP contribution in [0.25, 0.3) is 5.57 Å². The number of allylic oxidation sites excluding steroid dienone is 1. The number of para-hydroxylation sites is 1. The lowest BCUT2D eigenvalue weighted by molar-refractivity contribution is -0.138. The quantitative estimate of drug-likeness (QED) is 0.345. The number of nitrogens with zero attached hydrogens (tertiary/aromatic N) is 1. The number of unbranched alkanes of at least 4 members (excludes halogenated alkanes) is 1. The topological polar surface area (TPSA) is 59.3 Å². The minimum absolute atomic E-state index is 0.0191. The molecule has 20 heavy (non-hydrogen) atoms. The fourth-order valence-electron chi connectivity index (χ4n) is 1.75. The minimum Gasteiger partial charge on any atom is -0.496 e. The average Bonchev–Trinajstić information content (AvgIpc) is 2.48. The lowest BCUT2D eigenvalue weighted by atomic mass is 10.0. The molecule has 1 aromatic rings. The van der Waals surface area contributed by atoms with Gasteiger partial charge >= 0.3 is 5.97 Å². The smallest absolute Gasteiger partial charge is 0.349 e. The third kappa shape index (κ3) is 3.86. The molecule has 0 saturated carbocycles. The molecule has 0 amide bonds. The molecule has 0 saturated heterocycles. The number of hydrogen-bond donors (Lipinski definition) is 0. The van der Waals surface area contributed by atoms with Gasteiger partial charge < -0.3 is 9.47 Å². The Hall–Kier alpha value is -2.28. The normalized spacial score (nSPS) is 11.3. The molecule has 4 heteroatoms. The summed E-state index contributed by atoms with van der Waals surface area (Å²) in [6.07, 6.45) is 1.72. The van der Waals surface area contributed by atoms with Crippen LogP contribution in [0.4, 0.5) is 0 Å². The van der Waals surface area contributed by atoms with Gasteiger partial charge in [-0.25, -0.2) is 4.79 Å². The van der Waals surface area contributed by atoms with Gasteiger partial charge in [0.25, 0.3) is 0 Å². The van der Waals surface area contributed by atoms with E-state index < -0.39 is 5.97 Å². The SMILES string of the molecule is CCCCOC(=O)C(C#N)=C(C)c1ccccc1OC. The van der Waals surface area contributed by atoms with E-state index in [0.29, 0.717) is 17.9 Å². The van der Waals surface area contributed by atoms with E-state index in [-0.39, 0.29) is 5.57 Å². The maximum Gasteiger partial charge on any atom is 0.349 e. The fourth-order valence-corrected chi connectivity index (χ4v) is 1.75. The summed E-state index contributed by atoms with van der Waals surface area (Å²) < 4.78 is 10.3. The zero-order chi connectivity index (χ0) is 15.0. The first-order chi connectivity index (χ1) is 9.65. The summed E-state index contributed by atoms with van der Waals surface area (Å²) in [5.41, 5.74) is 1.30. The highest BCUT2D eigenvalue weighted by Gasteiger charge is 2.17. The van der Waals surface area contributed by atoms with Crippen molar-refractivity contribution in [1.29, 1.82) is 5.26 Å². The molecule has 0 N–H and O–H groups in total. The van der Waals surface area contributed by atoms with Gasteiger partial charge in [-0.2, -0.15) is 5.26 Å². The average molecular weight is 273 g/mol. The third-order valence-corrected chi connectivity index (χ3v) is 2.93. The van der Waals surface area contributed by atoms with E-state index >= 15 is 0 Å². The molecule has 0 heterocycles. The zero-order valence-electron chi connectivity index (χ0n) is 12.1. The maximum absolute atomic E-state index is 11.9. The predicted octanol–water partition coefficient (Wildman–Crippen LogP) is 3.34. The summed E-state index contributed by atoms with van der Waals surface area (Å²) in [4.78, 5) is 11.9. The molecule has 1 aromatic carbocycles. The second kappa shape index (κ2) is 8.00. The van der Waals surface area contributed by atoms with E-state index in [1.54, 1.807) is 20.1 Å². The number of hydrogen-bond acceptors (Lipinski definition) is 4. The molecule has 0 aliphatic rings. The van der Waals surface area contributed by atoms with Crippen molar-refractivity contribution in [3.05, 3.63) is 35.4 Å². The highest BCUT2D eigenvalue weighted by molar-refractivity contribution is 6.01. The first-order valence-electron chi connectivity index (χ1n) is 6.57. The molecule has 0 atom stereocenters. The van der Waals surface area contributed by atoms with Crippen LogP contribution in [0.15, 0.2) is 29.8 Å². The van der Waals surface area contributed by atoms with E-state index in [9.17, 15) is 10.1 Å². The van der Waals surface area contributed by atoms with E-state index in [2.05, 4.69) is 0 Å². The lowest BCUT2D eigenvalue weighted by Crippen LogP contribution is -2.09. The predicted molar refractivity (Wildman–Crippen MR) is 77.1 cm³/mol. The van der Waals surface area contributed by atoms with Crippen molar-refractivity contribution < 1.29 is 14.3 Å². The summed E-state index contributed by atoms with van der Waals surface area (Å²) in [5.74, 6) is 0.0449. The fraction of sp³-hybridized carbons (Fsp3) is 0.375. The van der Waals surface area contributed by atoms with Gasteiger partial charge in [-0.15, -0.1) is 0 Å². The van der Waals surface area contributed by atoms with Crippen molar-refractivity contribution >= 4 is 11.5 Å². The molecular weight excluding hydrogens is 254 g/mol. The Balaban J connectivity index is 3.06. The van der Waals surface area contributed by atoms with Crippen LogP contribution in [0.2, 0.25) is 0 Å². The Bertz CT molecular complexity index is 541. The van der Waals surface area contributed by atoms with Crippen molar-refractivity contribution in [3.63, 3.8) is 0 Å². The summed E-state index contributed by atoms with van der Waals surface area (Å²) in [6, 6.07) is 9.19. The van der Waals surface area contributed by atoms with Gasteiger partial charge in [-0.05, 0) is 25.0 Å². The molecule has 106 valence electrons. The lowest BCUT2D eigenvalue weighted by Gasteiger charge is -2.10. The van der Waals surface area contributed by atoms with Crippen LogP contribution < -0.4 is 4.74 Å². The Labute approximate surface area is 119 Å². The number of nitriles is 1. The van der Waals surface area contributed by atoms with Crippen LogP contribution in [0, 0.1) is 11.3 Å². The van der Waals surface area contributed by atoms with Crippen LogP contribution in [0.1, 0.15) is 32.3 Å². The monoisotopic (exact) mass is 273 g/mol. The van der Waals surface area contributed by atoms with Crippen molar-refractivity contribution in [3.8, 4) is 11.8 Å². The molecule has 0 aromatic heterocycles. The summed E-state index contributed by atoms with van der Waals surface area (Å²) in [7, 11) is 1.55. The van der Waals surface area contributed by atoms with Crippen LogP contribution >= 0.6 is 0 Å². The molecule has 0 fully saturated rings. The van der Waals surface area contributed by atoms with Crippen molar-refractivity contribution in [2.45, 2.75) is 26.7 Å². The first-order valence-corrected chi connectivity index (χ1v) is 6.57. The second-order valence-corrected chi connectivity index (χ2v) is 4.30. The molecule has 0 radical (unpaired) electrons. The van der Waals surface area contributed by atoms with Gasteiger partial charge in [0.05, 0.1) is 13.7 Å². The molecule has 1 rings (SSSR count). The number of benzene rings is 1. The standard InChI is InChI=1S/C16H19NO3/c1-4-5-10-20-16(18)14(11-17)12(2)13-8-6-7-9-15(13)19-3/h6-9H,4-5,10H2,1-3H3. The van der Waals surface area contributed by atoms with Gasteiger partial charge in [0.2, 0.25) is 0 Å². The Kier molecular flexibility index (Phi) is 6.31. The number of carbonyl (C=O) groups is 1. The molecule has 4 nitrogen and oxygen atoms in total. The van der Waals surface area contributed by atoms with Crippen LogP contribution in [-0.2, 0) is 9.53 Å². The van der Waals surface area contributed by atoms with E-state index in [1.165, 1.54) is 0 Å². The van der Waals surface area contributed by atoms with Gasteiger partial charge in [-0.3, -0.25) is 0 Å². The van der Waals surface area contributed by atoms with Gasteiger partial charge in [0.15, 0.2) is 0 Å². The van der Waals surface area contributed by atoms with Crippen molar-refractivity contribution in [1.82, 2.24) is 0 Å². The van der Waals surface area contributed by atoms with Gasteiger partial charge in [-0.1, -0.05) is 31.5 Å². The number of rotatable bonds is 6. The van der Waals surface area contributed by atoms with Gasteiger partial charge in [0.1, 0.15) is 17.4 Å². The van der Waals surface area contributed by atoms with Crippen molar-refractivity contribution in [2.75, 3.05) is 13.7 Å². The van der Waals surface area contributed by atoms with Crippen LogP contribution in [-0.4, -0.2) is 19.7 Å². The third-order valence-electron chi connectivity index (χ3n) is 2.93. The van der Waals surface area contributed by atoms with Gasteiger partial charge in [0, 0.05) is 5.56 Å². The Morgan fingerprint density at radius 1 is 1.35 bits per heavy atom. The Morgan fingerprint density at radius 2 is 2.05 bits per heavy atom. The molecular formula is C16H19NO3. The Morgan fingerprint density at radius 3 is 2.65 bits per heavy atom.